The maximum atomic E-state index is 12.3. The number of carbonyl (C=O) groups is 7. The Labute approximate surface area is 755 Å². The normalized spacial score (nSPS) is 14.5. The van der Waals surface area contributed by atoms with Gasteiger partial charge in [0.2, 0.25) is 45.5 Å². The molecule has 8 saturated carbocycles. The Morgan fingerprint density at radius 2 is 0.734 bits per heavy atom. The van der Waals surface area contributed by atoms with E-state index >= 15 is 0 Å². The number of benzene rings is 1. The van der Waals surface area contributed by atoms with Crippen molar-refractivity contribution in [2.75, 3.05) is 100 Å². The first-order valence-corrected chi connectivity index (χ1v) is 45.6. The van der Waals surface area contributed by atoms with Crippen molar-refractivity contribution in [2.45, 2.75) is 375 Å². The summed E-state index contributed by atoms with van der Waals surface area (Å²) in [7, 11) is 1.73. The van der Waals surface area contributed by atoms with Crippen LogP contribution >= 0.6 is 0 Å². The minimum absolute atomic E-state index is 0. The maximum absolute atomic E-state index is 12.3. The van der Waals surface area contributed by atoms with Gasteiger partial charge in [0.25, 0.3) is 0 Å². The van der Waals surface area contributed by atoms with E-state index in [2.05, 4.69) is 68.3 Å². The van der Waals surface area contributed by atoms with Crippen LogP contribution in [0, 0.1) is 6.92 Å². The molecule has 26 heteroatoms. The molecular weight excluding hydrogens is 1590 g/mol. The number of rotatable bonds is 43. The Morgan fingerprint density at radius 1 is 0.379 bits per heavy atom. The van der Waals surface area contributed by atoms with Gasteiger partial charge in [0.05, 0.1) is 44.6 Å². The molecule has 0 unspecified atom stereocenters. The van der Waals surface area contributed by atoms with Crippen LogP contribution in [-0.4, -0.2) is 252 Å². The van der Waals surface area contributed by atoms with Gasteiger partial charge in [0.15, 0.2) is 0 Å². The number of aromatic nitrogens is 3. The summed E-state index contributed by atoms with van der Waals surface area (Å²) < 4.78 is 51.3. The largest absolute Gasteiger partial charge is 0.466 e. The summed E-state index contributed by atoms with van der Waals surface area (Å²) in [6.45, 7) is 29.3. The number of ether oxygens (including phenoxy) is 4. The van der Waals surface area contributed by atoms with Gasteiger partial charge in [-0.2, -0.15) is 4.31 Å². The Morgan fingerprint density at radius 3 is 1.09 bits per heavy atom. The number of amides is 7. The molecule has 8 aliphatic rings. The fourth-order valence-corrected chi connectivity index (χ4v) is 15.3. The number of nitrogens with zero attached hydrogens (tertiary/aromatic N) is 11. The minimum atomic E-state index is -3.14. The van der Waals surface area contributed by atoms with Crippen LogP contribution in [-0.2, 0) is 82.8 Å². The lowest BCUT2D eigenvalue weighted by molar-refractivity contribution is -0.136. The van der Waals surface area contributed by atoms with Crippen molar-refractivity contribution in [3.63, 3.8) is 0 Å². The Kier molecular flexibility index (Phi) is 69.1. The molecule has 8 fully saturated rings. The molecule has 0 N–H and O–H groups in total. The van der Waals surface area contributed by atoms with E-state index in [4.69, 9.17) is 23.4 Å². The molecule has 7 amide bonds. The molecular formula is C98H179N11O14S. The predicted octanol–water partition coefficient (Wildman–Crippen LogP) is 19.7. The van der Waals surface area contributed by atoms with Crippen molar-refractivity contribution in [3.8, 4) is 0 Å². The molecule has 3 aromatic heterocycles. The molecule has 0 aliphatic heterocycles. The van der Waals surface area contributed by atoms with E-state index in [-0.39, 0.29) is 113 Å². The van der Waals surface area contributed by atoms with Gasteiger partial charge in [-0.1, -0.05) is 145 Å². The number of aryl methyl sites for hydroxylation is 1. The summed E-state index contributed by atoms with van der Waals surface area (Å²) in [6, 6.07) is 20.9. The number of carbonyl (C=O) groups excluding carboxylic acids is 7. The van der Waals surface area contributed by atoms with Crippen molar-refractivity contribution in [1.29, 1.82) is 0 Å². The Hall–Kier alpha value is -7.39. The average Bonchev–Trinajstić information content (AvgIpc) is 1.70. The van der Waals surface area contributed by atoms with Crippen molar-refractivity contribution in [3.05, 3.63) is 114 Å². The maximum Gasteiger partial charge on any atom is 0.409 e. The number of hydrogen-bond acceptors (Lipinski definition) is 17. The molecule has 3 heterocycles. The molecule has 0 spiro atoms. The van der Waals surface area contributed by atoms with Crippen molar-refractivity contribution in [1.82, 2.24) is 53.6 Å². The Bertz CT molecular complexity index is 3390. The fraction of sp³-hybridized carbons (Fsp3) is 0.735. The standard InChI is InChI=1S/C13H18N2O.C13H19NO2S.C13H19NO2.C12H17N3O.C11H21NO2.C10H19NO2.2C9H17NO2.8CH4/c1-2-9-15(12-3-4-12)13(16)10-11-5-7-14-8-6-11;1-2-10-14(13-8-9-13)17(15,16)11-12-6-4-3-5-7-12;1-3-8-14(11-5-6-11)13(15)9-12-7-4-10(2)16-12;1-2-5-15(11-3-4-11)12(16)6-10-7-13-9-14-8-10;1-3-8-12(10-6-7-10)11(13)5-4-9-14-2;1-3-7-11(9-4-5-9)10(12)6-8-13-2;1-3-6-10(8-4-5-8)9(11)7-12-2;1-3-7-10(8-5-6-8)9(11)12-4-2;;;;;;;;/h5-8,12H,2-4,9-10H2,1H3;3-7,13H,2,8-11H2,1H3;4,7,11H,3,5-6,8-9H2,1-2H3;7-9,11H,2-6H2,1H3;10H,3-9H2,1-2H3;9H,3-8H2,1-2H3;2*8H,3-7H2,1-2H3;8*1H4. The van der Waals surface area contributed by atoms with Crippen LogP contribution in [0.5, 0.6) is 0 Å². The highest BCUT2D eigenvalue weighted by Crippen LogP contribution is 2.34. The quantitative estimate of drug-likeness (QED) is 0.0373. The zero-order valence-electron chi connectivity index (χ0n) is 73.2. The van der Waals surface area contributed by atoms with E-state index in [1.165, 1.54) is 70.5 Å². The second-order valence-corrected chi connectivity index (χ2v) is 33.5. The third-order valence-electron chi connectivity index (χ3n) is 20.3. The monoisotopic (exact) mass is 1770 g/mol. The van der Waals surface area contributed by atoms with E-state index < -0.39 is 10.0 Å². The number of furan rings is 1. The van der Waals surface area contributed by atoms with Gasteiger partial charge in [-0.15, -0.1) is 0 Å². The van der Waals surface area contributed by atoms with Gasteiger partial charge >= 0.3 is 6.09 Å². The summed E-state index contributed by atoms with van der Waals surface area (Å²) in [5.41, 5.74) is 2.82. The minimum Gasteiger partial charge on any atom is -0.466 e. The van der Waals surface area contributed by atoms with Gasteiger partial charge in [-0.3, -0.25) is 33.8 Å². The Balaban J connectivity index is -0.000000659. The van der Waals surface area contributed by atoms with Gasteiger partial charge in [-0.25, -0.2) is 23.2 Å². The van der Waals surface area contributed by atoms with Crippen molar-refractivity contribution in [2.24, 2.45) is 0 Å². The van der Waals surface area contributed by atoms with Crippen LogP contribution in [0.15, 0.2) is 90.1 Å². The van der Waals surface area contributed by atoms with E-state index in [9.17, 15) is 42.0 Å². The second-order valence-electron chi connectivity index (χ2n) is 31.5. The van der Waals surface area contributed by atoms with Crippen LogP contribution in [0.2, 0.25) is 0 Å². The molecule has 0 radical (unpaired) electrons. The SMILES string of the molecule is C.C.C.C.C.C.C.C.CCCN(C(=O)CCCOC)C1CC1.CCCN(C(=O)CCOC)C1CC1.CCCN(C(=O)COC)C1CC1.CCCN(C(=O)Cc1ccc(C)o1)C1CC1.CCCN(C(=O)Cc1ccncc1)C1CC1.CCCN(C(=O)Cc1cncnc1)C1CC1.CCCN(C(=O)OCC)C1CC1.CCCN(C1CC1)S(=O)(=O)Cc1ccccc1. The van der Waals surface area contributed by atoms with E-state index in [1.807, 2.05) is 105 Å². The van der Waals surface area contributed by atoms with Gasteiger partial charge < -0.3 is 57.7 Å². The van der Waals surface area contributed by atoms with E-state index in [0.29, 0.717) is 107 Å². The number of sulfonamides is 1. The average molecular weight is 1770 g/mol. The number of pyridine rings is 1. The van der Waals surface area contributed by atoms with Gasteiger partial charge in [0.1, 0.15) is 24.5 Å². The van der Waals surface area contributed by atoms with Crippen LogP contribution in [0.1, 0.15) is 323 Å². The fourth-order valence-electron chi connectivity index (χ4n) is 13.4. The molecule has 0 saturated heterocycles. The van der Waals surface area contributed by atoms with E-state index in [0.717, 1.165) is 170 Å². The first-order valence-electron chi connectivity index (χ1n) is 44.0. The smallest absolute Gasteiger partial charge is 0.409 e. The second kappa shape index (κ2) is 69.7. The highest BCUT2D eigenvalue weighted by molar-refractivity contribution is 7.88. The number of methoxy groups -OCH3 is 3. The summed E-state index contributed by atoms with van der Waals surface area (Å²) in [5, 5.41) is 0. The van der Waals surface area contributed by atoms with Crippen molar-refractivity contribution >= 4 is 51.6 Å². The van der Waals surface area contributed by atoms with Crippen LogP contribution in [0.25, 0.3) is 0 Å². The van der Waals surface area contributed by atoms with Gasteiger partial charge in [-0.05, 0) is 215 Å². The molecule has 8 aliphatic carbocycles. The lowest BCUT2D eigenvalue weighted by atomic mass is 10.2. The molecule has 0 bridgehead atoms. The van der Waals surface area contributed by atoms with Crippen LogP contribution in [0.3, 0.4) is 0 Å². The van der Waals surface area contributed by atoms with Crippen molar-refractivity contribution < 1.29 is 65.3 Å². The molecule has 12 rings (SSSR count). The molecule has 1 aromatic carbocycles. The summed E-state index contributed by atoms with van der Waals surface area (Å²) in [4.78, 5) is 108. The predicted molar refractivity (Wildman–Crippen MR) is 510 cm³/mol. The van der Waals surface area contributed by atoms with Crippen LogP contribution in [0.4, 0.5) is 4.79 Å². The molecule has 124 heavy (non-hydrogen) atoms. The number of hydrogen-bond donors (Lipinski definition) is 0. The van der Waals surface area contributed by atoms with Crippen LogP contribution < -0.4 is 0 Å². The topological polar surface area (TPSA) is 268 Å². The van der Waals surface area contributed by atoms with E-state index in [1.54, 1.807) is 50.4 Å². The molecule has 716 valence electrons. The summed E-state index contributed by atoms with van der Waals surface area (Å²) in [6.07, 6.45) is 38.3. The lowest BCUT2D eigenvalue weighted by Crippen LogP contribution is -2.36. The third-order valence-corrected chi connectivity index (χ3v) is 22.2. The van der Waals surface area contributed by atoms with Gasteiger partial charge in [0, 0.05) is 160 Å². The third kappa shape index (κ3) is 50.2. The molecule has 4 aromatic rings. The molecule has 25 nitrogen and oxygen atoms in total. The summed E-state index contributed by atoms with van der Waals surface area (Å²) >= 11 is 0. The first-order chi connectivity index (χ1) is 56.1. The summed E-state index contributed by atoms with van der Waals surface area (Å²) in [5.74, 6) is 3.16. The molecule has 0 atom stereocenters. The highest BCUT2D eigenvalue weighted by atomic mass is 32.2. The highest BCUT2D eigenvalue weighted by Gasteiger charge is 2.39. The zero-order chi connectivity index (χ0) is 84.6. The lowest BCUT2D eigenvalue weighted by Gasteiger charge is -2.21. The zero-order valence-corrected chi connectivity index (χ0v) is 74.0. The first kappa shape index (κ1) is 123.